The molecule has 24 heavy (non-hydrogen) atoms. The molecule has 1 unspecified atom stereocenters. The van der Waals surface area contributed by atoms with E-state index in [1.807, 2.05) is 0 Å². The van der Waals surface area contributed by atoms with Crippen LogP contribution in [0.5, 0.6) is 23.0 Å². The monoisotopic (exact) mass is 395 g/mol. The Labute approximate surface area is 151 Å². The molecule has 0 saturated heterocycles. The number of hydrogen-bond donors (Lipinski definition) is 4. The van der Waals surface area contributed by atoms with Crippen LogP contribution in [0.25, 0.3) is 0 Å². The largest absolute Gasteiger partial charge is 1.00 e. The normalized spacial score (nSPS) is 18.5. The van der Waals surface area contributed by atoms with Gasteiger partial charge in [-0.2, -0.15) is 0 Å². The molecule has 1 atom stereocenters. The number of hydrogen-bond acceptors (Lipinski definition) is 4. The van der Waals surface area contributed by atoms with E-state index in [2.05, 4.69) is 14.1 Å². The fourth-order valence-corrected chi connectivity index (χ4v) is 3.38. The fourth-order valence-electron chi connectivity index (χ4n) is 3.38. The third-order valence-corrected chi connectivity index (χ3v) is 4.87. The van der Waals surface area contributed by atoms with E-state index in [0.29, 0.717) is 6.42 Å². The van der Waals surface area contributed by atoms with Crippen LogP contribution < -0.4 is 17.0 Å². The quantitative estimate of drug-likeness (QED) is 0.405. The van der Waals surface area contributed by atoms with Crippen LogP contribution in [0.1, 0.15) is 22.7 Å². The smallest absolute Gasteiger partial charge is 0.157 e. The lowest BCUT2D eigenvalue weighted by atomic mass is 9.87. The van der Waals surface area contributed by atoms with Gasteiger partial charge in [0.1, 0.15) is 6.04 Å². The number of fused-ring (bicyclic) bond motifs is 1. The van der Waals surface area contributed by atoms with Gasteiger partial charge in [0.2, 0.25) is 0 Å². The van der Waals surface area contributed by atoms with Gasteiger partial charge in [0, 0.05) is 18.4 Å². The second kappa shape index (κ2) is 6.53. The minimum atomic E-state index is -0.130. The lowest BCUT2D eigenvalue weighted by molar-refractivity contribution is -0.923. The van der Waals surface area contributed by atoms with Crippen molar-refractivity contribution in [2.24, 2.45) is 0 Å². The van der Waals surface area contributed by atoms with Gasteiger partial charge in [-0.15, -0.1) is 0 Å². The Balaban J connectivity index is 0.00000208. The molecule has 0 spiro atoms. The van der Waals surface area contributed by atoms with Crippen LogP contribution in [0, 0.1) is 0 Å². The van der Waals surface area contributed by atoms with Crippen LogP contribution in [0.3, 0.4) is 0 Å². The molecule has 0 amide bonds. The predicted molar refractivity (Wildman–Crippen MR) is 86.7 cm³/mol. The minimum Gasteiger partial charge on any atom is -1.00 e. The van der Waals surface area contributed by atoms with Gasteiger partial charge >= 0.3 is 0 Å². The molecule has 0 bridgehead atoms. The number of rotatable bonds is 2. The summed E-state index contributed by atoms with van der Waals surface area (Å²) in [4.78, 5) is 0. The maximum atomic E-state index is 9.88. The molecule has 0 fully saturated rings. The number of quaternary nitrogens is 1. The Morgan fingerprint density at radius 3 is 2.21 bits per heavy atom. The first-order valence-electron chi connectivity index (χ1n) is 7.66. The third-order valence-electron chi connectivity index (χ3n) is 4.87. The molecule has 6 heteroatoms. The van der Waals surface area contributed by atoms with Gasteiger partial charge in [-0.3, -0.25) is 0 Å². The van der Waals surface area contributed by atoms with Gasteiger partial charge in [-0.1, -0.05) is 6.07 Å². The van der Waals surface area contributed by atoms with Crippen LogP contribution in [-0.4, -0.2) is 45.5 Å². The average molecular weight is 396 g/mol. The average Bonchev–Trinajstić information content (AvgIpc) is 2.48. The summed E-state index contributed by atoms with van der Waals surface area (Å²) in [6.45, 7) is 0.923. The van der Waals surface area contributed by atoms with Crippen molar-refractivity contribution in [1.29, 1.82) is 0 Å². The zero-order valence-corrected chi connectivity index (χ0v) is 15.3. The number of phenolic OH excluding ortho intramolecular Hbond substituents is 4. The summed E-state index contributed by atoms with van der Waals surface area (Å²) in [5.41, 5.74) is 2.98. The highest BCUT2D eigenvalue weighted by Gasteiger charge is 2.36. The van der Waals surface area contributed by atoms with Crippen molar-refractivity contribution in [3.63, 3.8) is 0 Å². The Hall–Kier alpha value is -1.92. The number of aromatic hydroxyl groups is 4. The van der Waals surface area contributed by atoms with Crippen molar-refractivity contribution in [2.75, 3.05) is 20.6 Å². The molecule has 130 valence electrons. The first kappa shape index (κ1) is 18.4. The Morgan fingerprint density at radius 1 is 0.917 bits per heavy atom. The Morgan fingerprint density at radius 2 is 1.54 bits per heavy atom. The molecule has 3 rings (SSSR count). The van der Waals surface area contributed by atoms with E-state index in [1.165, 1.54) is 6.07 Å². The predicted octanol–water partition coefficient (Wildman–Crippen LogP) is -0.571. The lowest BCUT2D eigenvalue weighted by Crippen LogP contribution is -3.00. The van der Waals surface area contributed by atoms with Crippen LogP contribution in [-0.2, 0) is 12.8 Å². The molecule has 1 aliphatic heterocycles. The molecule has 0 radical (unpaired) electrons. The summed E-state index contributed by atoms with van der Waals surface area (Å²) in [7, 11) is 4.27. The van der Waals surface area contributed by atoms with Crippen LogP contribution in [0.2, 0.25) is 0 Å². The van der Waals surface area contributed by atoms with Crippen molar-refractivity contribution in [1.82, 2.24) is 0 Å². The third kappa shape index (κ3) is 3.30. The molecule has 1 heterocycles. The highest BCUT2D eigenvalue weighted by molar-refractivity contribution is 5.48. The standard InChI is InChI=1S/C18H21NO4.BrH/c1-19(2)6-5-12-9-17(22)18(23)10-13(12)14(19)7-11-3-4-15(20)16(21)8-11;/h3-4,8-10,14H,5-7H2,1-2H3,(H3-,20,21,22,23);1H. The van der Waals surface area contributed by atoms with E-state index in [-0.39, 0.29) is 46.0 Å². The molecule has 5 nitrogen and oxygen atoms in total. The number of phenols is 4. The molecule has 0 saturated carbocycles. The van der Waals surface area contributed by atoms with Crippen molar-refractivity contribution in [2.45, 2.75) is 18.9 Å². The van der Waals surface area contributed by atoms with E-state index >= 15 is 0 Å². The summed E-state index contributed by atoms with van der Waals surface area (Å²) in [5.74, 6) is -0.451. The maximum absolute atomic E-state index is 9.88. The number of likely N-dealkylation sites (N-methyl/N-ethyl adjacent to an activating group) is 1. The second-order valence-electron chi connectivity index (χ2n) is 6.83. The van der Waals surface area contributed by atoms with E-state index < -0.39 is 0 Å². The summed E-state index contributed by atoms with van der Waals surface area (Å²) in [6, 6.07) is 8.24. The summed E-state index contributed by atoms with van der Waals surface area (Å²) in [6.07, 6.45) is 1.51. The zero-order valence-electron chi connectivity index (χ0n) is 13.7. The first-order valence-corrected chi connectivity index (χ1v) is 7.66. The molecular formula is C18H22BrNO4. The van der Waals surface area contributed by atoms with Crippen molar-refractivity contribution >= 4 is 0 Å². The topological polar surface area (TPSA) is 80.9 Å². The van der Waals surface area contributed by atoms with Crippen molar-refractivity contribution in [3.8, 4) is 23.0 Å². The van der Waals surface area contributed by atoms with E-state index in [1.54, 1.807) is 24.3 Å². The fraction of sp³-hybridized carbons (Fsp3) is 0.333. The Kier molecular flexibility index (Phi) is 5.01. The van der Waals surface area contributed by atoms with Crippen LogP contribution in [0.15, 0.2) is 30.3 Å². The maximum Gasteiger partial charge on any atom is 0.157 e. The molecule has 2 aromatic carbocycles. The molecule has 2 aromatic rings. The lowest BCUT2D eigenvalue weighted by Gasteiger charge is -2.43. The van der Waals surface area contributed by atoms with Gasteiger partial charge in [-0.25, -0.2) is 0 Å². The molecule has 0 aromatic heterocycles. The number of benzene rings is 2. The van der Waals surface area contributed by atoms with Gasteiger partial charge < -0.3 is 41.9 Å². The molecule has 4 N–H and O–H groups in total. The highest BCUT2D eigenvalue weighted by atomic mass is 79.9. The molecular weight excluding hydrogens is 374 g/mol. The van der Waals surface area contributed by atoms with E-state index in [9.17, 15) is 20.4 Å². The van der Waals surface area contributed by atoms with Crippen molar-refractivity contribution < 1.29 is 41.9 Å². The summed E-state index contributed by atoms with van der Waals surface area (Å²) < 4.78 is 0.749. The highest BCUT2D eigenvalue weighted by Crippen LogP contribution is 2.41. The van der Waals surface area contributed by atoms with Gasteiger partial charge in [0.15, 0.2) is 23.0 Å². The van der Waals surface area contributed by atoms with E-state index in [0.717, 1.165) is 34.1 Å². The summed E-state index contributed by atoms with van der Waals surface area (Å²) in [5, 5.41) is 38.8. The SMILES string of the molecule is C[N+]1(C)CCc2cc(O)c(O)cc2C1Cc1ccc(O)c(O)c1.[Br-]. The minimum absolute atomic E-state index is 0. The van der Waals surface area contributed by atoms with Gasteiger partial charge in [0.05, 0.1) is 20.6 Å². The number of halogens is 1. The van der Waals surface area contributed by atoms with E-state index in [4.69, 9.17) is 0 Å². The van der Waals surface area contributed by atoms with Crippen LogP contribution in [0.4, 0.5) is 0 Å². The van der Waals surface area contributed by atoms with Gasteiger partial charge in [-0.05, 0) is 35.4 Å². The van der Waals surface area contributed by atoms with Crippen molar-refractivity contribution in [3.05, 3.63) is 47.0 Å². The Bertz CT molecular complexity index is 761. The first-order chi connectivity index (χ1) is 10.8. The molecule has 1 aliphatic rings. The zero-order chi connectivity index (χ0) is 16.8. The number of nitrogens with zero attached hydrogens (tertiary/aromatic N) is 1. The van der Waals surface area contributed by atoms with Crippen LogP contribution >= 0.6 is 0 Å². The van der Waals surface area contributed by atoms with Gasteiger partial charge in [0.25, 0.3) is 0 Å². The molecule has 0 aliphatic carbocycles. The summed E-state index contributed by atoms with van der Waals surface area (Å²) >= 11 is 0. The second-order valence-corrected chi connectivity index (χ2v) is 6.83.